The minimum absolute atomic E-state index is 0.0228. The average Bonchev–Trinajstić information content (AvgIpc) is 2.82. The van der Waals surface area contributed by atoms with Crippen LogP contribution < -0.4 is 5.32 Å². The van der Waals surface area contributed by atoms with E-state index in [0.717, 1.165) is 12.2 Å². The molecule has 0 aliphatic heterocycles. The molecule has 1 aromatic heterocycles. The van der Waals surface area contributed by atoms with Gasteiger partial charge in [-0.3, -0.25) is 4.79 Å². The summed E-state index contributed by atoms with van der Waals surface area (Å²) in [6.07, 6.45) is 4.10. The van der Waals surface area contributed by atoms with Gasteiger partial charge in [0.05, 0.1) is 0 Å². The molecule has 0 fully saturated rings. The smallest absolute Gasteiger partial charge is 0.253 e. The van der Waals surface area contributed by atoms with Crippen LogP contribution in [0, 0.1) is 0 Å². The molecule has 0 saturated carbocycles. The first kappa shape index (κ1) is 13.2. The highest BCUT2D eigenvalue weighted by Gasteiger charge is 2.06. The molecule has 0 aliphatic rings. The summed E-state index contributed by atoms with van der Waals surface area (Å²) in [6.45, 7) is 0.780. The quantitative estimate of drug-likeness (QED) is 0.913. The third-order valence-corrected chi connectivity index (χ3v) is 2.93. The van der Waals surface area contributed by atoms with E-state index in [2.05, 4.69) is 17.6 Å². The second-order valence-electron chi connectivity index (χ2n) is 4.82. The van der Waals surface area contributed by atoms with Crippen molar-refractivity contribution < 1.29 is 4.79 Å². The van der Waals surface area contributed by atoms with Gasteiger partial charge in [0.25, 0.3) is 5.91 Å². The zero-order chi connectivity index (χ0) is 13.8. The summed E-state index contributed by atoms with van der Waals surface area (Å²) in [7, 11) is 5.51. The number of rotatable bonds is 4. The summed E-state index contributed by atoms with van der Waals surface area (Å²) in [5.41, 5.74) is 2.95. The Balaban J connectivity index is 1.97. The summed E-state index contributed by atoms with van der Waals surface area (Å²) in [5, 5.41) is 3.33. The maximum atomic E-state index is 11.7. The molecule has 0 unspecified atom stereocenters. The van der Waals surface area contributed by atoms with Gasteiger partial charge < -0.3 is 14.8 Å². The number of nitrogens with one attached hydrogen (secondary N) is 1. The van der Waals surface area contributed by atoms with Crippen molar-refractivity contribution in [3.63, 3.8) is 0 Å². The molecule has 2 rings (SSSR count). The maximum absolute atomic E-state index is 11.7. The van der Waals surface area contributed by atoms with Gasteiger partial charge in [0.1, 0.15) is 0 Å². The number of anilines is 1. The van der Waals surface area contributed by atoms with Crippen molar-refractivity contribution in [2.45, 2.75) is 6.54 Å². The van der Waals surface area contributed by atoms with E-state index in [-0.39, 0.29) is 5.91 Å². The van der Waals surface area contributed by atoms with Crippen LogP contribution in [0.4, 0.5) is 5.69 Å². The average molecular weight is 257 g/mol. The zero-order valence-electron chi connectivity index (χ0n) is 11.6. The molecule has 19 heavy (non-hydrogen) atoms. The topological polar surface area (TPSA) is 37.3 Å². The second kappa shape index (κ2) is 5.61. The summed E-state index contributed by atoms with van der Waals surface area (Å²) in [6, 6.07) is 9.63. The number of hydrogen-bond donors (Lipinski definition) is 1. The van der Waals surface area contributed by atoms with Crippen molar-refractivity contribution in [1.29, 1.82) is 0 Å². The van der Waals surface area contributed by atoms with Crippen LogP contribution >= 0.6 is 0 Å². The lowest BCUT2D eigenvalue weighted by atomic mass is 10.2. The largest absolute Gasteiger partial charge is 0.381 e. The Kier molecular flexibility index (Phi) is 3.90. The molecule has 0 saturated heterocycles. The van der Waals surface area contributed by atoms with Gasteiger partial charge in [-0.1, -0.05) is 0 Å². The molecule has 4 nitrogen and oxygen atoms in total. The number of aromatic nitrogens is 1. The first-order valence-corrected chi connectivity index (χ1v) is 6.22. The summed E-state index contributed by atoms with van der Waals surface area (Å²) >= 11 is 0. The van der Waals surface area contributed by atoms with Gasteiger partial charge in [-0.15, -0.1) is 0 Å². The highest BCUT2D eigenvalue weighted by atomic mass is 16.2. The van der Waals surface area contributed by atoms with Crippen molar-refractivity contribution in [3.05, 3.63) is 53.9 Å². The Hall–Kier alpha value is -2.23. The summed E-state index contributed by atoms with van der Waals surface area (Å²) in [4.78, 5) is 13.3. The van der Waals surface area contributed by atoms with Gasteiger partial charge in [0.2, 0.25) is 0 Å². The Morgan fingerprint density at radius 1 is 1.21 bits per heavy atom. The standard InChI is InChI=1S/C15H19N3O/c1-17(2)15(19)13-4-6-14(7-5-13)16-10-12-8-9-18(3)11-12/h4-9,11,16H,10H2,1-3H3. The lowest BCUT2D eigenvalue weighted by molar-refractivity contribution is 0.0827. The summed E-state index contributed by atoms with van der Waals surface area (Å²) in [5.74, 6) is 0.0228. The Morgan fingerprint density at radius 2 is 1.89 bits per heavy atom. The molecule has 4 heteroatoms. The number of nitrogens with zero attached hydrogens (tertiary/aromatic N) is 2. The van der Waals surface area contributed by atoms with Crippen LogP contribution in [0.2, 0.25) is 0 Å². The van der Waals surface area contributed by atoms with Crippen LogP contribution in [-0.2, 0) is 13.6 Å². The fourth-order valence-corrected chi connectivity index (χ4v) is 1.86. The highest BCUT2D eigenvalue weighted by molar-refractivity contribution is 5.94. The van der Waals surface area contributed by atoms with E-state index in [1.807, 2.05) is 42.1 Å². The molecule has 1 N–H and O–H groups in total. The number of carbonyl (C=O) groups excluding carboxylic acids is 1. The SMILES string of the molecule is CN(C)C(=O)c1ccc(NCc2ccn(C)c2)cc1. The molecule has 2 aromatic rings. The van der Waals surface area contributed by atoms with Crippen molar-refractivity contribution in [2.75, 3.05) is 19.4 Å². The van der Waals surface area contributed by atoms with Gasteiger partial charge in [-0.05, 0) is 35.9 Å². The van der Waals surface area contributed by atoms with Crippen LogP contribution in [0.3, 0.4) is 0 Å². The molecule has 0 atom stereocenters. The molecule has 100 valence electrons. The Morgan fingerprint density at radius 3 is 2.42 bits per heavy atom. The molecule has 0 bridgehead atoms. The first-order valence-electron chi connectivity index (χ1n) is 6.22. The minimum Gasteiger partial charge on any atom is -0.381 e. The van der Waals surface area contributed by atoms with E-state index >= 15 is 0 Å². The van der Waals surface area contributed by atoms with Crippen LogP contribution in [0.25, 0.3) is 0 Å². The lowest BCUT2D eigenvalue weighted by Gasteiger charge is -2.11. The Labute approximate surface area is 113 Å². The second-order valence-corrected chi connectivity index (χ2v) is 4.82. The Bertz CT molecular complexity index is 555. The first-order chi connectivity index (χ1) is 9.06. The van der Waals surface area contributed by atoms with Crippen molar-refractivity contribution in [1.82, 2.24) is 9.47 Å². The van der Waals surface area contributed by atoms with Crippen molar-refractivity contribution in [2.24, 2.45) is 7.05 Å². The highest BCUT2D eigenvalue weighted by Crippen LogP contribution is 2.12. The van der Waals surface area contributed by atoms with Crippen LogP contribution in [0.1, 0.15) is 15.9 Å². The number of carbonyl (C=O) groups is 1. The monoisotopic (exact) mass is 257 g/mol. The third kappa shape index (κ3) is 3.37. The van der Waals surface area contributed by atoms with E-state index in [0.29, 0.717) is 5.56 Å². The fraction of sp³-hybridized carbons (Fsp3) is 0.267. The molecule has 0 spiro atoms. The maximum Gasteiger partial charge on any atom is 0.253 e. The molecular weight excluding hydrogens is 238 g/mol. The molecule has 1 amide bonds. The normalized spacial score (nSPS) is 10.3. The third-order valence-electron chi connectivity index (χ3n) is 2.93. The van der Waals surface area contributed by atoms with Gasteiger partial charge in [-0.25, -0.2) is 0 Å². The number of benzene rings is 1. The van der Waals surface area contributed by atoms with Crippen molar-refractivity contribution >= 4 is 11.6 Å². The fourth-order valence-electron chi connectivity index (χ4n) is 1.86. The van der Waals surface area contributed by atoms with Crippen molar-refractivity contribution in [3.8, 4) is 0 Å². The molecule has 1 aromatic carbocycles. The van der Waals surface area contributed by atoms with Gasteiger partial charge in [0, 0.05) is 51.3 Å². The predicted octanol–water partition coefficient (Wildman–Crippen LogP) is 2.34. The molecule has 0 aliphatic carbocycles. The van der Waals surface area contributed by atoms with E-state index in [1.54, 1.807) is 19.0 Å². The van der Waals surface area contributed by atoms with E-state index in [4.69, 9.17) is 0 Å². The van der Waals surface area contributed by atoms with Crippen LogP contribution in [0.15, 0.2) is 42.7 Å². The molecular formula is C15H19N3O. The number of aryl methyl sites for hydroxylation is 1. The van der Waals surface area contributed by atoms with E-state index in [1.165, 1.54) is 5.56 Å². The number of hydrogen-bond acceptors (Lipinski definition) is 2. The van der Waals surface area contributed by atoms with Gasteiger partial charge in [0.15, 0.2) is 0 Å². The minimum atomic E-state index is 0.0228. The van der Waals surface area contributed by atoms with E-state index < -0.39 is 0 Å². The van der Waals surface area contributed by atoms with Crippen LogP contribution in [0.5, 0.6) is 0 Å². The summed E-state index contributed by atoms with van der Waals surface area (Å²) < 4.78 is 2.02. The van der Waals surface area contributed by atoms with E-state index in [9.17, 15) is 4.79 Å². The van der Waals surface area contributed by atoms with Gasteiger partial charge >= 0.3 is 0 Å². The molecule has 1 heterocycles. The predicted molar refractivity (Wildman–Crippen MR) is 77.2 cm³/mol. The van der Waals surface area contributed by atoms with Crippen LogP contribution in [-0.4, -0.2) is 29.5 Å². The zero-order valence-corrected chi connectivity index (χ0v) is 11.6. The molecule has 0 radical (unpaired) electrons. The lowest BCUT2D eigenvalue weighted by Crippen LogP contribution is -2.21. The number of amides is 1. The van der Waals surface area contributed by atoms with Gasteiger partial charge in [-0.2, -0.15) is 0 Å².